The first-order valence-corrected chi connectivity index (χ1v) is 9.95. The van der Waals surface area contributed by atoms with Crippen molar-refractivity contribution in [2.24, 2.45) is 0 Å². The molecule has 8 heteroatoms. The molecule has 1 N–H and O–H groups in total. The Hall–Kier alpha value is -3.78. The summed E-state index contributed by atoms with van der Waals surface area (Å²) in [5, 5.41) is 4.61. The van der Waals surface area contributed by atoms with Gasteiger partial charge in [0, 0.05) is 16.6 Å². The van der Waals surface area contributed by atoms with Crippen molar-refractivity contribution in [3.05, 3.63) is 82.2 Å². The average Bonchev–Trinajstić information content (AvgIpc) is 3.21. The van der Waals surface area contributed by atoms with Gasteiger partial charge in [-0.25, -0.2) is 9.78 Å². The molecule has 0 saturated carbocycles. The monoisotopic (exact) mass is 419 g/mol. The maximum absolute atomic E-state index is 12.8. The van der Waals surface area contributed by atoms with Gasteiger partial charge in [0.05, 0.1) is 24.5 Å². The van der Waals surface area contributed by atoms with Gasteiger partial charge in [-0.1, -0.05) is 30.3 Å². The van der Waals surface area contributed by atoms with E-state index < -0.39 is 5.97 Å². The summed E-state index contributed by atoms with van der Waals surface area (Å²) in [6, 6.07) is 16.0. The summed E-state index contributed by atoms with van der Waals surface area (Å²) in [4.78, 5) is 41.1. The number of nitrogens with one attached hydrogen (secondary N) is 1. The topological polar surface area (TPSA) is 90.3 Å². The van der Waals surface area contributed by atoms with Gasteiger partial charge < -0.3 is 10.1 Å². The molecule has 0 unspecified atom stereocenters. The minimum Gasteiger partial charge on any atom is -0.465 e. The Bertz CT molecular complexity index is 1280. The molecule has 4 aromatic rings. The fourth-order valence-corrected chi connectivity index (χ4v) is 4.02. The Labute approximate surface area is 175 Å². The Kier molecular flexibility index (Phi) is 5.40. The SMILES string of the molecule is COC(=O)c1ccc(NC(=O)Cn2cnc3c(-c4ccccc4)csc3c2=O)cc1. The molecule has 4 rings (SSSR count). The second kappa shape index (κ2) is 8.30. The third-order valence-corrected chi connectivity index (χ3v) is 5.49. The number of thiophene rings is 1. The Morgan fingerprint density at radius 2 is 1.83 bits per heavy atom. The standard InChI is InChI=1S/C22H17N3O4S/c1-29-22(28)15-7-9-16(10-8-15)24-18(26)11-25-13-23-19-17(12-30-20(19)21(25)27)14-5-3-2-4-6-14/h2-10,12-13H,11H2,1H3,(H,24,26). The lowest BCUT2D eigenvalue weighted by Gasteiger charge is -2.08. The van der Waals surface area contributed by atoms with E-state index in [2.05, 4.69) is 15.0 Å². The van der Waals surface area contributed by atoms with Crippen LogP contribution in [0.2, 0.25) is 0 Å². The third kappa shape index (κ3) is 3.85. The normalized spacial score (nSPS) is 10.7. The minimum absolute atomic E-state index is 0.168. The summed E-state index contributed by atoms with van der Waals surface area (Å²) in [6.07, 6.45) is 1.39. The second-order valence-electron chi connectivity index (χ2n) is 6.49. The number of ether oxygens (including phenoxy) is 1. The third-order valence-electron chi connectivity index (χ3n) is 4.53. The van der Waals surface area contributed by atoms with Crippen LogP contribution < -0.4 is 10.9 Å². The molecule has 0 aliphatic heterocycles. The quantitative estimate of drug-likeness (QED) is 0.500. The maximum Gasteiger partial charge on any atom is 0.337 e. The van der Waals surface area contributed by atoms with Crippen LogP contribution in [-0.4, -0.2) is 28.5 Å². The number of anilines is 1. The molecule has 0 bridgehead atoms. The highest BCUT2D eigenvalue weighted by Gasteiger charge is 2.14. The van der Waals surface area contributed by atoms with Crippen molar-refractivity contribution in [3.63, 3.8) is 0 Å². The first kappa shape index (κ1) is 19.5. The molecule has 0 radical (unpaired) electrons. The number of hydrogen-bond donors (Lipinski definition) is 1. The van der Waals surface area contributed by atoms with Gasteiger partial charge in [0.15, 0.2) is 0 Å². The van der Waals surface area contributed by atoms with Crippen molar-refractivity contribution in [3.8, 4) is 11.1 Å². The molecular formula is C22H17N3O4S. The number of carbonyl (C=O) groups excluding carboxylic acids is 2. The van der Waals surface area contributed by atoms with Gasteiger partial charge in [-0.05, 0) is 29.8 Å². The van der Waals surface area contributed by atoms with Crippen molar-refractivity contribution in [2.45, 2.75) is 6.54 Å². The summed E-state index contributed by atoms with van der Waals surface area (Å²) in [7, 11) is 1.30. The van der Waals surface area contributed by atoms with Crippen LogP contribution in [-0.2, 0) is 16.1 Å². The van der Waals surface area contributed by atoms with E-state index >= 15 is 0 Å². The van der Waals surface area contributed by atoms with Crippen LogP contribution in [0.3, 0.4) is 0 Å². The number of aromatic nitrogens is 2. The van der Waals surface area contributed by atoms with E-state index in [0.717, 1.165) is 11.1 Å². The van der Waals surface area contributed by atoms with Crippen LogP contribution in [0.15, 0.2) is 71.1 Å². The highest BCUT2D eigenvalue weighted by Crippen LogP contribution is 2.30. The smallest absolute Gasteiger partial charge is 0.337 e. The molecule has 0 saturated heterocycles. The zero-order valence-corrected chi connectivity index (χ0v) is 16.8. The van der Waals surface area contributed by atoms with Gasteiger partial charge >= 0.3 is 5.97 Å². The Morgan fingerprint density at radius 3 is 2.53 bits per heavy atom. The van der Waals surface area contributed by atoms with E-state index in [4.69, 9.17) is 0 Å². The van der Waals surface area contributed by atoms with Crippen LogP contribution in [0.5, 0.6) is 0 Å². The number of carbonyl (C=O) groups is 2. The summed E-state index contributed by atoms with van der Waals surface area (Å²) < 4.78 is 6.43. The average molecular weight is 419 g/mol. The number of hydrogen-bond acceptors (Lipinski definition) is 6. The zero-order valence-electron chi connectivity index (χ0n) is 16.0. The van der Waals surface area contributed by atoms with Gasteiger partial charge in [0.1, 0.15) is 11.2 Å². The van der Waals surface area contributed by atoms with Crippen molar-refractivity contribution in [1.82, 2.24) is 9.55 Å². The number of methoxy groups -OCH3 is 1. The highest BCUT2D eigenvalue weighted by atomic mass is 32.1. The van der Waals surface area contributed by atoms with Crippen LogP contribution >= 0.6 is 11.3 Å². The summed E-state index contributed by atoms with van der Waals surface area (Å²) >= 11 is 1.32. The molecule has 2 aromatic heterocycles. The zero-order chi connectivity index (χ0) is 21.1. The van der Waals surface area contributed by atoms with Gasteiger partial charge in [-0.15, -0.1) is 11.3 Å². The Balaban J connectivity index is 1.53. The van der Waals surface area contributed by atoms with E-state index in [-0.39, 0.29) is 18.0 Å². The van der Waals surface area contributed by atoms with Gasteiger partial charge in [0.2, 0.25) is 5.91 Å². The minimum atomic E-state index is -0.454. The fourth-order valence-electron chi connectivity index (χ4n) is 3.04. The van der Waals surface area contributed by atoms with E-state index in [0.29, 0.717) is 21.5 Å². The van der Waals surface area contributed by atoms with Crippen LogP contribution in [0.1, 0.15) is 10.4 Å². The first-order valence-electron chi connectivity index (χ1n) is 9.07. The molecule has 0 spiro atoms. The van der Waals surface area contributed by atoms with Crippen molar-refractivity contribution >= 4 is 39.1 Å². The lowest BCUT2D eigenvalue weighted by Crippen LogP contribution is -2.27. The van der Waals surface area contributed by atoms with Crippen LogP contribution in [0, 0.1) is 0 Å². The predicted molar refractivity (Wildman–Crippen MR) is 116 cm³/mol. The van der Waals surface area contributed by atoms with E-state index in [1.54, 1.807) is 24.3 Å². The molecule has 0 atom stereocenters. The molecule has 0 aliphatic carbocycles. The molecule has 150 valence electrons. The van der Waals surface area contributed by atoms with E-state index in [1.807, 2.05) is 35.7 Å². The van der Waals surface area contributed by atoms with E-state index in [9.17, 15) is 14.4 Å². The molecule has 0 aliphatic rings. The van der Waals surface area contributed by atoms with Crippen molar-refractivity contribution in [2.75, 3.05) is 12.4 Å². The molecule has 7 nitrogen and oxygen atoms in total. The molecule has 0 fully saturated rings. The first-order chi connectivity index (χ1) is 14.6. The van der Waals surface area contributed by atoms with Gasteiger partial charge in [-0.2, -0.15) is 0 Å². The van der Waals surface area contributed by atoms with Crippen LogP contribution in [0.4, 0.5) is 5.69 Å². The fraction of sp³-hybridized carbons (Fsp3) is 0.0909. The molecular weight excluding hydrogens is 402 g/mol. The summed E-state index contributed by atoms with van der Waals surface area (Å²) in [6.45, 7) is -0.168. The number of nitrogens with zero attached hydrogens (tertiary/aromatic N) is 2. The summed E-state index contributed by atoms with van der Waals surface area (Å²) in [5.41, 5.74) is 3.15. The molecule has 2 heterocycles. The number of amides is 1. The number of esters is 1. The summed E-state index contributed by atoms with van der Waals surface area (Å²) in [5.74, 6) is -0.825. The molecule has 30 heavy (non-hydrogen) atoms. The number of fused-ring (bicyclic) bond motifs is 1. The number of benzene rings is 2. The van der Waals surface area contributed by atoms with Crippen molar-refractivity contribution in [1.29, 1.82) is 0 Å². The maximum atomic E-state index is 12.8. The predicted octanol–water partition coefficient (Wildman–Crippen LogP) is 3.55. The number of rotatable bonds is 5. The van der Waals surface area contributed by atoms with Gasteiger partial charge in [0.25, 0.3) is 5.56 Å². The second-order valence-corrected chi connectivity index (χ2v) is 7.37. The van der Waals surface area contributed by atoms with Crippen molar-refractivity contribution < 1.29 is 14.3 Å². The molecule has 2 aromatic carbocycles. The Morgan fingerprint density at radius 1 is 1.10 bits per heavy atom. The molecule has 1 amide bonds. The highest BCUT2D eigenvalue weighted by molar-refractivity contribution is 7.17. The van der Waals surface area contributed by atoms with Gasteiger partial charge in [-0.3, -0.25) is 14.2 Å². The van der Waals surface area contributed by atoms with E-state index in [1.165, 1.54) is 29.3 Å². The van der Waals surface area contributed by atoms with Crippen LogP contribution in [0.25, 0.3) is 21.3 Å². The largest absolute Gasteiger partial charge is 0.465 e. The lowest BCUT2D eigenvalue weighted by molar-refractivity contribution is -0.116. The lowest BCUT2D eigenvalue weighted by atomic mass is 10.1.